The van der Waals surface area contributed by atoms with Crippen molar-refractivity contribution in [3.05, 3.63) is 34.9 Å². The summed E-state index contributed by atoms with van der Waals surface area (Å²) in [5, 5.41) is 15.0. The summed E-state index contributed by atoms with van der Waals surface area (Å²) >= 11 is 0. The molecule has 0 spiro atoms. The van der Waals surface area contributed by atoms with Gasteiger partial charge in [0.1, 0.15) is 0 Å². The van der Waals surface area contributed by atoms with E-state index < -0.39 is 0 Å². The van der Waals surface area contributed by atoms with Crippen LogP contribution in [-0.2, 0) is 11.3 Å². The first-order valence-electron chi connectivity index (χ1n) is 7.05. The molecule has 0 aromatic heterocycles. The van der Waals surface area contributed by atoms with Crippen LogP contribution in [0.2, 0.25) is 0 Å². The van der Waals surface area contributed by atoms with Gasteiger partial charge in [-0.25, -0.2) is 0 Å². The first-order valence-corrected chi connectivity index (χ1v) is 7.05. The molecule has 0 aliphatic carbocycles. The lowest BCUT2D eigenvalue weighted by Crippen LogP contribution is -2.18. The second-order valence-electron chi connectivity index (χ2n) is 4.77. The topological polar surface area (TPSA) is 79.9 Å². The highest BCUT2D eigenvalue weighted by Crippen LogP contribution is 2.11. The Morgan fingerprint density at radius 2 is 2.20 bits per heavy atom. The number of ether oxygens (including phenoxy) is 1. The van der Waals surface area contributed by atoms with Crippen LogP contribution in [0.1, 0.15) is 36.5 Å². The predicted molar refractivity (Wildman–Crippen MR) is 81.1 cm³/mol. The number of rotatable bonds is 9. The number of hydrogen-bond donors (Lipinski definition) is 3. The molecule has 1 aromatic rings. The van der Waals surface area contributed by atoms with Crippen LogP contribution in [-0.4, -0.2) is 30.8 Å². The molecule has 112 valence electrons. The van der Waals surface area contributed by atoms with E-state index in [0.717, 1.165) is 50.3 Å². The number of nitrogens with one attached hydrogen (secondary N) is 1. The van der Waals surface area contributed by atoms with Gasteiger partial charge in [0.2, 0.25) is 0 Å². The maximum atomic E-state index is 8.65. The Kier molecular flexibility index (Phi) is 7.69. The van der Waals surface area contributed by atoms with Crippen LogP contribution in [0.25, 0.3) is 0 Å². The standard InChI is InChI=1S/C15H25N3O2/c1-3-8-20-9-4-7-17-11-14-6-5-13(10-12(14)2)15(16)18-19/h5-6,10,17,19H,3-4,7-9,11H2,1-2H3,(H2,16,18). The first kappa shape index (κ1) is 16.5. The molecule has 0 saturated heterocycles. The van der Waals surface area contributed by atoms with Crippen molar-refractivity contribution in [2.75, 3.05) is 19.8 Å². The van der Waals surface area contributed by atoms with Crippen LogP contribution < -0.4 is 11.1 Å². The largest absolute Gasteiger partial charge is 0.409 e. The number of oxime groups is 1. The van der Waals surface area contributed by atoms with Crippen molar-refractivity contribution in [2.45, 2.75) is 33.2 Å². The number of nitrogens with zero attached hydrogens (tertiary/aromatic N) is 1. The minimum atomic E-state index is 0.140. The highest BCUT2D eigenvalue weighted by Gasteiger charge is 2.03. The number of nitrogens with two attached hydrogens (primary N) is 1. The van der Waals surface area contributed by atoms with Gasteiger partial charge in [0, 0.05) is 25.3 Å². The molecule has 0 heterocycles. The van der Waals surface area contributed by atoms with E-state index in [1.165, 1.54) is 5.56 Å². The average Bonchev–Trinajstić information content (AvgIpc) is 2.46. The van der Waals surface area contributed by atoms with E-state index in [2.05, 4.69) is 17.4 Å². The molecule has 5 heteroatoms. The Labute approximate surface area is 120 Å². The molecular weight excluding hydrogens is 254 g/mol. The van der Waals surface area contributed by atoms with E-state index in [1.54, 1.807) is 0 Å². The van der Waals surface area contributed by atoms with Gasteiger partial charge in [-0.15, -0.1) is 0 Å². The molecular formula is C15H25N3O2. The van der Waals surface area contributed by atoms with E-state index in [-0.39, 0.29) is 5.84 Å². The highest BCUT2D eigenvalue weighted by atomic mass is 16.5. The number of amidine groups is 1. The summed E-state index contributed by atoms with van der Waals surface area (Å²) in [4.78, 5) is 0. The van der Waals surface area contributed by atoms with Crippen molar-refractivity contribution in [3.63, 3.8) is 0 Å². The lowest BCUT2D eigenvalue weighted by atomic mass is 10.0. The Morgan fingerprint density at radius 3 is 2.85 bits per heavy atom. The van der Waals surface area contributed by atoms with Crippen LogP contribution in [0.4, 0.5) is 0 Å². The molecule has 20 heavy (non-hydrogen) atoms. The van der Waals surface area contributed by atoms with Crippen LogP contribution in [0, 0.1) is 6.92 Å². The summed E-state index contributed by atoms with van der Waals surface area (Å²) in [6, 6.07) is 5.79. The number of benzene rings is 1. The molecule has 0 aliphatic rings. The van der Waals surface area contributed by atoms with E-state index in [1.807, 2.05) is 25.1 Å². The zero-order chi connectivity index (χ0) is 14.8. The smallest absolute Gasteiger partial charge is 0.170 e. The predicted octanol–water partition coefficient (Wildman–Crippen LogP) is 2.00. The molecule has 5 nitrogen and oxygen atoms in total. The van der Waals surface area contributed by atoms with Crippen molar-refractivity contribution in [3.8, 4) is 0 Å². The summed E-state index contributed by atoms with van der Waals surface area (Å²) in [7, 11) is 0. The van der Waals surface area contributed by atoms with Crippen molar-refractivity contribution in [2.24, 2.45) is 10.9 Å². The molecule has 0 radical (unpaired) electrons. The SMILES string of the molecule is CCCOCCCNCc1ccc(/C(N)=N/O)cc1C. The summed E-state index contributed by atoms with van der Waals surface area (Å²) in [5.74, 6) is 0.140. The molecule has 0 amide bonds. The molecule has 0 saturated carbocycles. The van der Waals surface area contributed by atoms with Gasteiger partial charge in [-0.2, -0.15) is 0 Å². The molecule has 4 N–H and O–H groups in total. The fourth-order valence-electron chi connectivity index (χ4n) is 1.88. The summed E-state index contributed by atoms with van der Waals surface area (Å²) in [6.07, 6.45) is 2.08. The van der Waals surface area contributed by atoms with Gasteiger partial charge in [-0.3, -0.25) is 0 Å². The lowest BCUT2D eigenvalue weighted by Gasteiger charge is -2.09. The van der Waals surface area contributed by atoms with Gasteiger partial charge in [-0.05, 0) is 43.5 Å². The second-order valence-corrected chi connectivity index (χ2v) is 4.77. The maximum absolute atomic E-state index is 8.65. The quantitative estimate of drug-likeness (QED) is 0.212. The van der Waals surface area contributed by atoms with Crippen molar-refractivity contribution < 1.29 is 9.94 Å². The molecule has 0 aliphatic heterocycles. The second kappa shape index (κ2) is 9.34. The van der Waals surface area contributed by atoms with Crippen LogP contribution in [0.15, 0.2) is 23.4 Å². The zero-order valence-corrected chi connectivity index (χ0v) is 12.4. The minimum absolute atomic E-state index is 0.140. The molecule has 0 atom stereocenters. The van der Waals surface area contributed by atoms with Gasteiger partial charge >= 0.3 is 0 Å². The van der Waals surface area contributed by atoms with E-state index in [0.29, 0.717) is 0 Å². The van der Waals surface area contributed by atoms with Crippen molar-refractivity contribution in [1.82, 2.24) is 5.32 Å². The summed E-state index contributed by atoms with van der Waals surface area (Å²) in [6.45, 7) is 7.53. The molecule has 1 rings (SSSR count). The maximum Gasteiger partial charge on any atom is 0.170 e. The fourth-order valence-corrected chi connectivity index (χ4v) is 1.88. The molecule has 0 unspecified atom stereocenters. The van der Waals surface area contributed by atoms with Crippen LogP contribution in [0.5, 0.6) is 0 Å². The van der Waals surface area contributed by atoms with Gasteiger partial charge in [-0.1, -0.05) is 24.2 Å². The van der Waals surface area contributed by atoms with Gasteiger partial charge in [0.15, 0.2) is 5.84 Å². The molecule has 0 bridgehead atoms. The lowest BCUT2D eigenvalue weighted by molar-refractivity contribution is 0.132. The van der Waals surface area contributed by atoms with Crippen LogP contribution in [0.3, 0.4) is 0 Å². The first-order chi connectivity index (χ1) is 9.69. The Hall–Kier alpha value is -1.59. The van der Waals surface area contributed by atoms with Crippen LogP contribution >= 0.6 is 0 Å². The van der Waals surface area contributed by atoms with E-state index >= 15 is 0 Å². The Bertz CT molecular complexity index is 433. The number of aryl methyl sites for hydroxylation is 1. The molecule has 0 fully saturated rings. The third-order valence-electron chi connectivity index (χ3n) is 3.05. The Balaban J connectivity index is 2.34. The van der Waals surface area contributed by atoms with Gasteiger partial charge in [0.25, 0.3) is 0 Å². The normalized spacial score (nSPS) is 11.8. The third-order valence-corrected chi connectivity index (χ3v) is 3.05. The monoisotopic (exact) mass is 279 g/mol. The van der Waals surface area contributed by atoms with Crippen molar-refractivity contribution >= 4 is 5.84 Å². The summed E-state index contributed by atoms with van der Waals surface area (Å²) < 4.78 is 5.42. The average molecular weight is 279 g/mol. The van der Waals surface area contributed by atoms with E-state index in [9.17, 15) is 0 Å². The zero-order valence-electron chi connectivity index (χ0n) is 12.4. The van der Waals surface area contributed by atoms with Gasteiger partial charge < -0.3 is 21.0 Å². The van der Waals surface area contributed by atoms with E-state index in [4.69, 9.17) is 15.7 Å². The minimum Gasteiger partial charge on any atom is -0.409 e. The number of hydrogen-bond acceptors (Lipinski definition) is 4. The summed E-state index contributed by atoms with van der Waals surface area (Å²) in [5.41, 5.74) is 8.65. The highest BCUT2D eigenvalue weighted by molar-refractivity contribution is 5.97. The van der Waals surface area contributed by atoms with Gasteiger partial charge in [0.05, 0.1) is 0 Å². The fraction of sp³-hybridized carbons (Fsp3) is 0.533. The Morgan fingerprint density at radius 1 is 1.40 bits per heavy atom. The molecule has 1 aromatic carbocycles. The third kappa shape index (κ3) is 5.59. The van der Waals surface area contributed by atoms with Crippen molar-refractivity contribution in [1.29, 1.82) is 0 Å².